The maximum atomic E-state index is 12.5. The van der Waals surface area contributed by atoms with Crippen LogP contribution in [0.2, 0.25) is 0 Å². The number of sulfonamides is 1. The van der Waals surface area contributed by atoms with Gasteiger partial charge in [0.15, 0.2) is 0 Å². The molecule has 1 atom stereocenters. The van der Waals surface area contributed by atoms with Crippen LogP contribution in [0.15, 0.2) is 29.2 Å². The van der Waals surface area contributed by atoms with E-state index in [1.807, 2.05) is 20.8 Å². The Labute approximate surface area is 169 Å². The van der Waals surface area contributed by atoms with Crippen molar-refractivity contribution in [2.24, 2.45) is 11.7 Å². The second-order valence-electron chi connectivity index (χ2n) is 7.58. The fourth-order valence-electron chi connectivity index (χ4n) is 2.98. The molecule has 1 aromatic carbocycles. The summed E-state index contributed by atoms with van der Waals surface area (Å²) < 4.78 is 26.6. The molecule has 27 heavy (non-hydrogen) atoms. The second kappa shape index (κ2) is 9.87. The van der Waals surface area contributed by atoms with Crippen LogP contribution in [0, 0.1) is 5.92 Å². The Morgan fingerprint density at radius 2 is 1.78 bits per heavy atom. The van der Waals surface area contributed by atoms with Crippen LogP contribution in [0.4, 0.5) is 0 Å². The summed E-state index contributed by atoms with van der Waals surface area (Å²) in [6.07, 6.45) is 2.75. The minimum atomic E-state index is -3.38. The molecular weight excluding hydrogens is 386 g/mol. The summed E-state index contributed by atoms with van der Waals surface area (Å²) >= 11 is 0. The fraction of sp³-hybridized carbons (Fsp3) is 0.632. The molecule has 0 bridgehead atoms. The highest BCUT2D eigenvalue weighted by molar-refractivity contribution is 7.89. The van der Waals surface area contributed by atoms with Gasteiger partial charge in [-0.15, -0.1) is 12.4 Å². The number of nitrogens with one attached hydrogen (secondary N) is 1. The van der Waals surface area contributed by atoms with Gasteiger partial charge in [0.05, 0.1) is 10.4 Å². The van der Waals surface area contributed by atoms with Crippen molar-refractivity contribution in [1.29, 1.82) is 0 Å². The summed E-state index contributed by atoms with van der Waals surface area (Å²) in [6.45, 7) is 7.60. The van der Waals surface area contributed by atoms with Gasteiger partial charge in [-0.1, -0.05) is 26.0 Å². The monoisotopic (exact) mass is 417 g/mol. The molecule has 3 N–H and O–H groups in total. The van der Waals surface area contributed by atoms with Gasteiger partial charge in [-0.25, -0.2) is 8.42 Å². The lowest BCUT2D eigenvalue weighted by molar-refractivity contribution is -0.123. The Morgan fingerprint density at radius 1 is 1.22 bits per heavy atom. The summed E-state index contributed by atoms with van der Waals surface area (Å²) in [6, 6.07) is 6.86. The van der Waals surface area contributed by atoms with E-state index in [1.165, 1.54) is 4.31 Å². The number of nitrogens with two attached hydrogens (primary N) is 1. The molecule has 0 aliphatic carbocycles. The lowest BCUT2D eigenvalue weighted by atomic mass is 9.88. The number of amides is 1. The van der Waals surface area contributed by atoms with Crippen LogP contribution in [-0.4, -0.2) is 43.8 Å². The van der Waals surface area contributed by atoms with E-state index in [1.54, 1.807) is 24.3 Å². The van der Waals surface area contributed by atoms with Crippen molar-refractivity contribution in [2.45, 2.75) is 56.9 Å². The number of benzene rings is 1. The Kier molecular flexibility index (Phi) is 8.73. The van der Waals surface area contributed by atoms with Gasteiger partial charge in [0, 0.05) is 26.1 Å². The van der Waals surface area contributed by atoms with Gasteiger partial charge in [0.2, 0.25) is 15.9 Å². The van der Waals surface area contributed by atoms with E-state index in [2.05, 4.69) is 5.32 Å². The van der Waals surface area contributed by atoms with Crippen LogP contribution in [0.25, 0.3) is 0 Å². The average molecular weight is 418 g/mol. The number of rotatable bonds is 8. The summed E-state index contributed by atoms with van der Waals surface area (Å²) in [4.78, 5) is 12.5. The molecule has 1 fully saturated rings. The van der Waals surface area contributed by atoms with Crippen molar-refractivity contribution in [2.75, 3.05) is 19.6 Å². The highest BCUT2D eigenvalue weighted by Gasteiger charge is 2.28. The normalized spacial score (nSPS) is 17.4. The molecule has 6 nitrogen and oxygen atoms in total. The van der Waals surface area contributed by atoms with Gasteiger partial charge in [-0.05, 0) is 49.8 Å². The molecule has 0 aromatic heterocycles. The molecule has 1 aromatic rings. The van der Waals surface area contributed by atoms with Crippen LogP contribution in [0.1, 0.15) is 45.6 Å². The molecule has 8 heteroatoms. The van der Waals surface area contributed by atoms with Crippen LogP contribution < -0.4 is 11.1 Å². The SMILES string of the molecule is CC(C)C(C)(CN)NC(=O)CCc1ccc(S(=O)(=O)N2CCCC2)cc1.Cl. The summed E-state index contributed by atoms with van der Waals surface area (Å²) in [5, 5.41) is 3.02. The van der Waals surface area contributed by atoms with Crippen molar-refractivity contribution < 1.29 is 13.2 Å². The molecule has 1 saturated heterocycles. The molecule has 1 amide bonds. The predicted octanol–water partition coefficient (Wildman–Crippen LogP) is 2.32. The molecular formula is C19H32ClN3O3S. The topological polar surface area (TPSA) is 92.5 Å². The van der Waals surface area contributed by atoms with Gasteiger partial charge < -0.3 is 11.1 Å². The van der Waals surface area contributed by atoms with Crippen molar-refractivity contribution in [1.82, 2.24) is 9.62 Å². The van der Waals surface area contributed by atoms with Crippen LogP contribution in [0.3, 0.4) is 0 Å². The maximum absolute atomic E-state index is 12.5. The summed E-state index contributed by atoms with van der Waals surface area (Å²) in [7, 11) is -3.38. The Balaban J connectivity index is 0.00000364. The number of hydrogen-bond donors (Lipinski definition) is 2. The zero-order chi connectivity index (χ0) is 19.4. The quantitative estimate of drug-likeness (QED) is 0.678. The zero-order valence-electron chi connectivity index (χ0n) is 16.4. The molecule has 1 unspecified atom stereocenters. The first kappa shape index (κ1) is 23.9. The van der Waals surface area contributed by atoms with E-state index in [4.69, 9.17) is 5.73 Å². The second-order valence-corrected chi connectivity index (χ2v) is 9.52. The van der Waals surface area contributed by atoms with E-state index < -0.39 is 15.6 Å². The van der Waals surface area contributed by atoms with Crippen molar-refractivity contribution in [3.05, 3.63) is 29.8 Å². The third kappa shape index (κ3) is 5.91. The number of carbonyl (C=O) groups is 1. The molecule has 1 aliphatic heterocycles. The van der Waals surface area contributed by atoms with Crippen LogP contribution in [-0.2, 0) is 21.2 Å². The smallest absolute Gasteiger partial charge is 0.243 e. The minimum absolute atomic E-state index is 0. The average Bonchev–Trinajstić information content (AvgIpc) is 3.15. The van der Waals surface area contributed by atoms with Gasteiger partial charge in [-0.2, -0.15) is 4.31 Å². The first-order chi connectivity index (χ1) is 12.2. The molecule has 0 saturated carbocycles. The van der Waals surface area contributed by atoms with Gasteiger partial charge >= 0.3 is 0 Å². The van der Waals surface area contributed by atoms with E-state index >= 15 is 0 Å². The minimum Gasteiger partial charge on any atom is -0.349 e. The summed E-state index contributed by atoms with van der Waals surface area (Å²) in [5.41, 5.74) is 6.33. The lowest BCUT2D eigenvalue weighted by Crippen LogP contribution is -2.55. The zero-order valence-corrected chi connectivity index (χ0v) is 18.0. The Hall–Kier alpha value is -1.15. The van der Waals surface area contributed by atoms with Crippen LogP contribution >= 0.6 is 12.4 Å². The molecule has 154 valence electrons. The van der Waals surface area contributed by atoms with Gasteiger partial charge in [0.25, 0.3) is 0 Å². The number of carbonyl (C=O) groups excluding carboxylic acids is 1. The van der Waals surface area contributed by atoms with Crippen molar-refractivity contribution >= 4 is 28.3 Å². The van der Waals surface area contributed by atoms with E-state index in [-0.39, 0.29) is 24.2 Å². The fourth-order valence-corrected chi connectivity index (χ4v) is 4.49. The maximum Gasteiger partial charge on any atom is 0.243 e. The van der Waals surface area contributed by atoms with Crippen molar-refractivity contribution in [3.8, 4) is 0 Å². The largest absolute Gasteiger partial charge is 0.349 e. The third-order valence-electron chi connectivity index (χ3n) is 5.39. The standard InChI is InChI=1S/C19H31N3O3S.ClH/c1-15(2)19(3,14-20)21-18(23)11-8-16-6-9-17(10-7-16)26(24,25)22-12-4-5-13-22;/h6-7,9-10,15H,4-5,8,11-14,20H2,1-3H3,(H,21,23);1H. The van der Waals surface area contributed by atoms with Gasteiger partial charge in [0.1, 0.15) is 0 Å². The number of nitrogens with zero attached hydrogens (tertiary/aromatic N) is 1. The highest BCUT2D eigenvalue weighted by atomic mass is 35.5. The van der Waals surface area contributed by atoms with E-state index in [0.717, 1.165) is 18.4 Å². The first-order valence-electron chi connectivity index (χ1n) is 9.29. The Bertz CT molecular complexity index is 716. The third-order valence-corrected chi connectivity index (χ3v) is 7.30. The van der Waals surface area contributed by atoms with E-state index in [0.29, 0.717) is 37.4 Å². The molecule has 2 rings (SSSR count). The first-order valence-corrected chi connectivity index (χ1v) is 10.7. The molecule has 1 aliphatic rings. The van der Waals surface area contributed by atoms with E-state index in [9.17, 15) is 13.2 Å². The predicted molar refractivity (Wildman–Crippen MR) is 110 cm³/mol. The molecule has 0 radical (unpaired) electrons. The summed E-state index contributed by atoms with van der Waals surface area (Å²) in [5.74, 6) is 0.201. The van der Waals surface area contributed by atoms with Crippen LogP contribution in [0.5, 0.6) is 0 Å². The number of hydrogen-bond acceptors (Lipinski definition) is 4. The molecule has 0 spiro atoms. The number of aryl methyl sites for hydroxylation is 1. The van der Waals surface area contributed by atoms with Crippen molar-refractivity contribution in [3.63, 3.8) is 0 Å². The van der Waals surface area contributed by atoms with Gasteiger partial charge in [-0.3, -0.25) is 4.79 Å². The highest BCUT2D eigenvalue weighted by Crippen LogP contribution is 2.21. The Morgan fingerprint density at radius 3 is 2.26 bits per heavy atom. The molecule has 1 heterocycles. The number of halogens is 1. The lowest BCUT2D eigenvalue weighted by Gasteiger charge is -2.33.